The van der Waals surface area contributed by atoms with Crippen LogP contribution in [0.5, 0.6) is 0 Å². The third kappa shape index (κ3) is 4.79. The fraction of sp³-hybridized carbons (Fsp3) is 0.875. The van der Waals surface area contributed by atoms with Crippen LogP contribution in [0.15, 0.2) is 0 Å². The molecule has 0 aromatic rings. The molecule has 0 aliphatic rings. The highest BCUT2D eigenvalue weighted by atomic mass is 16.1. The van der Waals surface area contributed by atoms with Gasteiger partial charge in [-0.2, -0.15) is 0 Å². The molecule has 1 amide bonds. The Bertz CT molecular complexity index is 123. The summed E-state index contributed by atoms with van der Waals surface area (Å²) in [7, 11) is 1.88. The average molecular weight is 158 g/mol. The molecule has 0 aliphatic heterocycles. The molecule has 0 aromatic heterocycles. The van der Waals surface area contributed by atoms with E-state index in [1.54, 1.807) is 0 Å². The van der Waals surface area contributed by atoms with Gasteiger partial charge in [0.1, 0.15) is 0 Å². The highest BCUT2D eigenvalue weighted by molar-refractivity contribution is 5.77. The summed E-state index contributed by atoms with van der Waals surface area (Å²) in [5, 5.41) is 5.88. The lowest BCUT2D eigenvalue weighted by Crippen LogP contribution is -2.38. The van der Waals surface area contributed by atoms with Crippen molar-refractivity contribution in [3.8, 4) is 0 Å². The minimum absolute atomic E-state index is 0.0825. The molecule has 1 atom stereocenters. The van der Waals surface area contributed by atoms with Gasteiger partial charge < -0.3 is 10.6 Å². The molecule has 0 saturated heterocycles. The lowest BCUT2D eigenvalue weighted by molar-refractivity contribution is -0.124. The third-order valence-corrected chi connectivity index (χ3v) is 1.60. The predicted octanol–water partition coefficient (Wildman–Crippen LogP) is 0.366. The largest absolute Gasteiger partial charge is 0.354 e. The zero-order valence-corrected chi connectivity index (χ0v) is 7.77. The van der Waals surface area contributed by atoms with Gasteiger partial charge in [-0.15, -0.1) is 0 Å². The summed E-state index contributed by atoms with van der Waals surface area (Å²) < 4.78 is 0. The van der Waals surface area contributed by atoms with E-state index < -0.39 is 0 Å². The molecule has 0 spiro atoms. The summed E-state index contributed by atoms with van der Waals surface area (Å²) in [5.41, 5.74) is 0. The Labute approximate surface area is 68.6 Å². The molecule has 0 fully saturated rings. The van der Waals surface area contributed by atoms with E-state index in [-0.39, 0.29) is 11.8 Å². The van der Waals surface area contributed by atoms with Crippen molar-refractivity contribution in [1.29, 1.82) is 0 Å². The quantitative estimate of drug-likeness (QED) is 0.620. The van der Waals surface area contributed by atoms with Crippen LogP contribution in [-0.2, 0) is 4.79 Å². The lowest BCUT2D eigenvalue weighted by Gasteiger charge is -2.12. The first-order valence-corrected chi connectivity index (χ1v) is 4.03. The number of carbonyl (C=O) groups excluding carboxylic acids is 1. The van der Waals surface area contributed by atoms with Crippen LogP contribution in [0, 0.1) is 5.92 Å². The summed E-state index contributed by atoms with van der Waals surface area (Å²) >= 11 is 0. The van der Waals surface area contributed by atoms with Crippen LogP contribution >= 0.6 is 0 Å². The first-order valence-electron chi connectivity index (χ1n) is 4.03. The Morgan fingerprint density at radius 1 is 1.36 bits per heavy atom. The second kappa shape index (κ2) is 5.13. The van der Waals surface area contributed by atoms with Crippen molar-refractivity contribution in [2.24, 2.45) is 5.92 Å². The summed E-state index contributed by atoms with van der Waals surface area (Å²) in [5.74, 6) is 0.200. The Balaban J connectivity index is 3.46. The van der Waals surface area contributed by atoms with Gasteiger partial charge in [-0.3, -0.25) is 4.79 Å². The van der Waals surface area contributed by atoms with Crippen molar-refractivity contribution >= 4 is 5.91 Å². The van der Waals surface area contributed by atoms with Gasteiger partial charge in [-0.25, -0.2) is 0 Å². The van der Waals surface area contributed by atoms with Crippen molar-refractivity contribution in [1.82, 2.24) is 10.6 Å². The van der Waals surface area contributed by atoms with Crippen molar-refractivity contribution in [2.75, 3.05) is 13.6 Å². The number of amides is 1. The standard InChI is InChI=1S/C8H18N2O/c1-6(2)8(11)10-5-7(3)9-4/h6-7,9H,5H2,1-4H3,(H,10,11). The molecule has 11 heavy (non-hydrogen) atoms. The molecule has 3 heteroatoms. The maximum Gasteiger partial charge on any atom is 0.222 e. The van der Waals surface area contributed by atoms with Gasteiger partial charge >= 0.3 is 0 Å². The van der Waals surface area contributed by atoms with Crippen molar-refractivity contribution < 1.29 is 4.79 Å². The molecule has 0 aromatic carbocycles. The molecule has 0 radical (unpaired) electrons. The van der Waals surface area contributed by atoms with Crippen LogP contribution in [0.25, 0.3) is 0 Å². The number of rotatable bonds is 4. The molecule has 66 valence electrons. The van der Waals surface area contributed by atoms with Gasteiger partial charge in [-0.1, -0.05) is 13.8 Å². The maximum atomic E-state index is 11.0. The monoisotopic (exact) mass is 158 g/mol. The van der Waals surface area contributed by atoms with Crippen molar-refractivity contribution in [2.45, 2.75) is 26.8 Å². The van der Waals surface area contributed by atoms with E-state index in [0.29, 0.717) is 12.6 Å². The van der Waals surface area contributed by atoms with E-state index in [1.165, 1.54) is 0 Å². The lowest BCUT2D eigenvalue weighted by atomic mass is 10.2. The summed E-state index contributed by atoms with van der Waals surface area (Å²) in [4.78, 5) is 11.0. The van der Waals surface area contributed by atoms with E-state index in [4.69, 9.17) is 0 Å². The van der Waals surface area contributed by atoms with Crippen LogP contribution < -0.4 is 10.6 Å². The molecule has 2 N–H and O–H groups in total. The van der Waals surface area contributed by atoms with Gasteiger partial charge in [-0.05, 0) is 14.0 Å². The molecule has 0 rings (SSSR count). The molecule has 1 unspecified atom stereocenters. The summed E-state index contributed by atoms with van der Waals surface area (Å²) in [6.45, 7) is 6.51. The topological polar surface area (TPSA) is 41.1 Å². The van der Waals surface area contributed by atoms with Crippen LogP contribution in [0.1, 0.15) is 20.8 Å². The van der Waals surface area contributed by atoms with Gasteiger partial charge in [0, 0.05) is 18.5 Å². The molecule has 0 heterocycles. The van der Waals surface area contributed by atoms with E-state index in [2.05, 4.69) is 10.6 Å². The van der Waals surface area contributed by atoms with Gasteiger partial charge in [0.15, 0.2) is 0 Å². The molecular weight excluding hydrogens is 140 g/mol. The molecular formula is C8H18N2O. The van der Waals surface area contributed by atoms with Crippen LogP contribution in [-0.4, -0.2) is 25.5 Å². The minimum Gasteiger partial charge on any atom is -0.354 e. The highest BCUT2D eigenvalue weighted by Crippen LogP contribution is 1.90. The van der Waals surface area contributed by atoms with E-state index in [1.807, 2.05) is 27.8 Å². The zero-order chi connectivity index (χ0) is 8.85. The smallest absolute Gasteiger partial charge is 0.222 e. The molecule has 3 nitrogen and oxygen atoms in total. The van der Waals surface area contributed by atoms with E-state index in [9.17, 15) is 4.79 Å². The zero-order valence-electron chi connectivity index (χ0n) is 7.77. The van der Waals surface area contributed by atoms with Gasteiger partial charge in [0.25, 0.3) is 0 Å². The molecule has 0 saturated carbocycles. The number of nitrogens with one attached hydrogen (secondary N) is 2. The highest BCUT2D eigenvalue weighted by Gasteiger charge is 2.06. The van der Waals surface area contributed by atoms with Crippen LogP contribution in [0.2, 0.25) is 0 Å². The first kappa shape index (κ1) is 10.4. The second-order valence-electron chi connectivity index (χ2n) is 3.09. The van der Waals surface area contributed by atoms with E-state index in [0.717, 1.165) is 0 Å². The second-order valence-corrected chi connectivity index (χ2v) is 3.09. The van der Waals surface area contributed by atoms with Crippen molar-refractivity contribution in [3.05, 3.63) is 0 Å². The SMILES string of the molecule is CNC(C)CNC(=O)C(C)C. The molecule has 0 bridgehead atoms. The van der Waals surface area contributed by atoms with Gasteiger partial charge in [0.05, 0.1) is 0 Å². The Kier molecular flexibility index (Phi) is 4.86. The fourth-order valence-electron chi connectivity index (χ4n) is 0.560. The fourth-order valence-corrected chi connectivity index (χ4v) is 0.560. The average Bonchev–Trinajstić information content (AvgIpc) is 1.99. The number of likely N-dealkylation sites (N-methyl/N-ethyl adjacent to an activating group) is 1. The summed E-state index contributed by atoms with van der Waals surface area (Å²) in [6, 6.07) is 0.345. The van der Waals surface area contributed by atoms with Crippen LogP contribution in [0.4, 0.5) is 0 Å². The first-order chi connectivity index (χ1) is 5.07. The summed E-state index contributed by atoms with van der Waals surface area (Å²) in [6.07, 6.45) is 0. The number of hydrogen-bond donors (Lipinski definition) is 2. The Morgan fingerprint density at radius 2 is 1.91 bits per heavy atom. The Hall–Kier alpha value is -0.570. The third-order valence-electron chi connectivity index (χ3n) is 1.60. The normalized spacial score (nSPS) is 13.2. The van der Waals surface area contributed by atoms with Gasteiger partial charge in [0.2, 0.25) is 5.91 Å². The molecule has 0 aliphatic carbocycles. The number of hydrogen-bond acceptors (Lipinski definition) is 2. The minimum atomic E-state index is 0.0825. The predicted molar refractivity (Wildman–Crippen MR) is 46.4 cm³/mol. The van der Waals surface area contributed by atoms with E-state index >= 15 is 0 Å². The maximum absolute atomic E-state index is 11.0. The number of carbonyl (C=O) groups is 1. The van der Waals surface area contributed by atoms with Crippen molar-refractivity contribution in [3.63, 3.8) is 0 Å². The van der Waals surface area contributed by atoms with Crippen LogP contribution in [0.3, 0.4) is 0 Å². The Morgan fingerprint density at radius 3 is 2.27 bits per heavy atom.